The molecule has 2 N–H and O–H groups in total. The van der Waals surface area contributed by atoms with E-state index in [9.17, 15) is 13.2 Å². The Bertz CT molecular complexity index is 1040. The van der Waals surface area contributed by atoms with Crippen molar-refractivity contribution in [3.8, 4) is 5.75 Å². The highest BCUT2D eigenvalue weighted by atomic mass is 32.2. The highest BCUT2D eigenvalue weighted by Crippen LogP contribution is 2.21. The Morgan fingerprint density at radius 2 is 1.71 bits per heavy atom. The minimum absolute atomic E-state index is 0.231. The lowest BCUT2D eigenvalue weighted by Crippen LogP contribution is -2.13. The van der Waals surface area contributed by atoms with Gasteiger partial charge in [0.25, 0.3) is 15.9 Å². The van der Waals surface area contributed by atoms with Crippen molar-refractivity contribution in [3.05, 3.63) is 84.3 Å². The second-order valence-corrected chi connectivity index (χ2v) is 8.55. The summed E-state index contributed by atoms with van der Waals surface area (Å²) in [5, 5.41) is 4.47. The molecule has 3 aromatic rings. The van der Waals surface area contributed by atoms with Crippen molar-refractivity contribution in [2.24, 2.45) is 0 Å². The number of rotatable bonds is 8. The molecule has 1 amide bonds. The van der Waals surface area contributed by atoms with Crippen LogP contribution >= 0.6 is 11.3 Å². The van der Waals surface area contributed by atoms with Crippen LogP contribution in [-0.2, 0) is 10.0 Å². The molecular weight excluding hydrogens is 396 g/mol. The lowest BCUT2D eigenvalue weighted by molar-refractivity contribution is 0.102. The van der Waals surface area contributed by atoms with Crippen LogP contribution in [0.4, 0.5) is 11.4 Å². The second-order valence-electron chi connectivity index (χ2n) is 5.69. The predicted molar refractivity (Wildman–Crippen MR) is 112 cm³/mol. The fraction of sp³-hybridized carbons (Fsp3) is 0.0500. The van der Waals surface area contributed by atoms with E-state index in [1.807, 2.05) is 0 Å². The normalized spacial score (nSPS) is 10.9. The molecule has 2 aromatic carbocycles. The number of nitrogens with one attached hydrogen (secondary N) is 2. The van der Waals surface area contributed by atoms with Crippen molar-refractivity contribution < 1.29 is 17.9 Å². The molecule has 0 bridgehead atoms. The number of benzene rings is 2. The number of sulfonamides is 1. The summed E-state index contributed by atoms with van der Waals surface area (Å²) in [5.41, 5.74) is 1.41. The van der Waals surface area contributed by atoms with Gasteiger partial charge in [0.1, 0.15) is 16.6 Å². The molecule has 0 saturated carbocycles. The Kier molecular flexibility index (Phi) is 6.13. The molecule has 28 heavy (non-hydrogen) atoms. The van der Waals surface area contributed by atoms with Crippen LogP contribution in [0.1, 0.15) is 10.4 Å². The number of carbonyl (C=O) groups excluding carboxylic acids is 1. The van der Waals surface area contributed by atoms with Crippen LogP contribution in [0.2, 0.25) is 0 Å². The smallest absolute Gasteiger partial charge is 0.271 e. The van der Waals surface area contributed by atoms with E-state index >= 15 is 0 Å². The standard InChI is InChI=1S/C20H18N2O4S2/c1-2-13-26-18-11-9-16(10-12-18)21-20(23)15-5-7-17(8-6-15)22-28(24,25)19-4-3-14-27-19/h2-12,14,22H,1,13H2,(H,21,23). The zero-order valence-corrected chi connectivity index (χ0v) is 16.4. The molecule has 0 aliphatic rings. The summed E-state index contributed by atoms with van der Waals surface area (Å²) in [6, 6.07) is 16.4. The van der Waals surface area contributed by atoms with Gasteiger partial charge in [0, 0.05) is 16.9 Å². The van der Waals surface area contributed by atoms with Gasteiger partial charge in [-0.15, -0.1) is 11.3 Å². The number of ether oxygens (including phenoxy) is 1. The number of hydrogen-bond donors (Lipinski definition) is 2. The van der Waals surface area contributed by atoms with Gasteiger partial charge in [-0.3, -0.25) is 9.52 Å². The Balaban J connectivity index is 1.63. The topological polar surface area (TPSA) is 84.5 Å². The Hall–Kier alpha value is -3.10. The molecule has 144 valence electrons. The number of carbonyl (C=O) groups is 1. The first-order valence-electron chi connectivity index (χ1n) is 8.29. The summed E-state index contributed by atoms with van der Waals surface area (Å²) < 4.78 is 32.6. The van der Waals surface area contributed by atoms with Crippen molar-refractivity contribution in [1.82, 2.24) is 0 Å². The van der Waals surface area contributed by atoms with Crippen molar-refractivity contribution in [2.45, 2.75) is 4.21 Å². The molecule has 6 nitrogen and oxygen atoms in total. The van der Waals surface area contributed by atoms with Gasteiger partial charge < -0.3 is 10.1 Å². The van der Waals surface area contributed by atoms with Crippen LogP contribution < -0.4 is 14.8 Å². The number of thiophene rings is 1. The highest BCUT2D eigenvalue weighted by molar-refractivity contribution is 7.94. The van der Waals surface area contributed by atoms with E-state index in [1.165, 1.54) is 6.07 Å². The fourth-order valence-electron chi connectivity index (χ4n) is 2.30. The molecule has 0 saturated heterocycles. The maximum atomic E-state index is 12.4. The monoisotopic (exact) mass is 414 g/mol. The number of anilines is 2. The average Bonchev–Trinajstić information content (AvgIpc) is 3.24. The molecule has 0 fully saturated rings. The van der Waals surface area contributed by atoms with Crippen molar-refractivity contribution in [3.63, 3.8) is 0 Å². The zero-order chi connectivity index (χ0) is 20.0. The zero-order valence-electron chi connectivity index (χ0n) is 14.8. The third-order valence-corrected chi connectivity index (χ3v) is 6.42. The summed E-state index contributed by atoms with van der Waals surface area (Å²) in [4.78, 5) is 12.4. The molecule has 0 aliphatic carbocycles. The first-order valence-corrected chi connectivity index (χ1v) is 10.7. The molecule has 8 heteroatoms. The van der Waals surface area contributed by atoms with Crippen LogP contribution in [0.3, 0.4) is 0 Å². The summed E-state index contributed by atoms with van der Waals surface area (Å²) >= 11 is 1.14. The van der Waals surface area contributed by atoms with Gasteiger partial charge in [-0.2, -0.15) is 0 Å². The molecule has 0 radical (unpaired) electrons. The molecule has 0 atom stereocenters. The van der Waals surface area contributed by atoms with Crippen molar-refractivity contribution in [2.75, 3.05) is 16.6 Å². The van der Waals surface area contributed by atoms with E-state index in [0.717, 1.165) is 11.3 Å². The van der Waals surface area contributed by atoms with Gasteiger partial charge in [0.2, 0.25) is 0 Å². The van der Waals surface area contributed by atoms with E-state index in [0.29, 0.717) is 29.3 Å². The molecular formula is C20H18N2O4S2. The maximum absolute atomic E-state index is 12.4. The molecule has 3 rings (SSSR count). The van der Waals surface area contributed by atoms with Gasteiger partial charge in [0.15, 0.2) is 0 Å². The Morgan fingerprint density at radius 1 is 1.04 bits per heavy atom. The lowest BCUT2D eigenvalue weighted by Gasteiger charge is -2.09. The minimum atomic E-state index is -3.61. The SMILES string of the molecule is C=CCOc1ccc(NC(=O)c2ccc(NS(=O)(=O)c3cccs3)cc2)cc1. The molecule has 1 heterocycles. The van der Waals surface area contributed by atoms with Gasteiger partial charge in [0.05, 0.1) is 0 Å². The van der Waals surface area contributed by atoms with Gasteiger partial charge >= 0.3 is 0 Å². The van der Waals surface area contributed by atoms with E-state index in [1.54, 1.807) is 66.1 Å². The van der Waals surface area contributed by atoms with Crippen LogP contribution in [0, 0.1) is 0 Å². The van der Waals surface area contributed by atoms with Crippen LogP contribution in [0.15, 0.2) is 82.9 Å². The third-order valence-electron chi connectivity index (χ3n) is 3.64. The largest absolute Gasteiger partial charge is 0.490 e. The summed E-state index contributed by atoms with van der Waals surface area (Å²) in [5.74, 6) is 0.382. The van der Waals surface area contributed by atoms with Crippen LogP contribution in [0.5, 0.6) is 5.75 Å². The lowest BCUT2D eigenvalue weighted by atomic mass is 10.2. The third kappa shape index (κ3) is 4.99. The first-order chi connectivity index (χ1) is 13.5. The molecule has 0 aliphatic heterocycles. The van der Waals surface area contributed by atoms with Crippen molar-refractivity contribution in [1.29, 1.82) is 0 Å². The summed E-state index contributed by atoms with van der Waals surface area (Å²) in [6.07, 6.45) is 1.65. The minimum Gasteiger partial charge on any atom is -0.490 e. The summed E-state index contributed by atoms with van der Waals surface area (Å²) in [7, 11) is -3.61. The van der Waals surface area contributed by atoms with Crippen LogP contribution in [-0.4, -0.2) is 20.9 Å². The number of amides is 1. The van der Waals surface area contributed by atoms with Crippen LogP contribution in [0.25, 0.3) is 0 Å². The predicted octanol–water partition coefficient (Wildman–Crippen LogP) is 4.37. The van der Waals surface area contributed by atoms with Gasteiger partial charge in [-0.05, 0) is 60.0 Å². The van der Waals surface area contributed by atoms with Gasteiger partial charge in [-0.25, -0.2) is 8.42 Å². The second kappa shape index (κ2) is 8.73. The molecule has 0 spiro atoms. The average molecular weight is 415 g/mol. The molecule has 1 aromatic heterocycles. The highest BCUT2D eigenvalue weighted by Gasteiger charge is 2.15. The van der Waals surface area contributed by atoms with E-state index in [2.05, 4.69) is 16.6 Å². The Morgan fingerprint density at radius 3 is 2.32 bits per heavy atom. The van der Waals surface area contributed by atoms with E-state index < -0.39 is 10.0 Å². The van der Waals surface area contributed by atoms with Crippen molar-refractivity contribution >= 4 is 38.6 Å². The van der Waals surface area contributed by atoms with E-state index in [4.69, 9.17) is 4.74 Å². The fourth-order valence-corrected chi connectivity index (χ4v) is 4.36. The molecule has 0 unspecified atom stereocenters. The van der Waals surface area contributed by atoms with E-state index in [-0.39, 0.29) is 10.1 Å². The Labute approximate surface area is 167 Å². The van der Waals surface area contributed by atoms with Gasteiger partial charge in [-0.1, -0.05) is 18.7 Å². The number of hydrogen-bond acceptors (Lipinski definition) is 5. The maximum Gasteiger partial charge on any atom is 0.271 e. The first kappa shape index (κ1) is 19.7. The quantitative estimate of drug-likeness (QED) is 0.536. The summed E-state index contributed by atoms with van der Waals surface area (Å²) in [6.45, 7) is 4.00.